The predicted molar refractivity (Wildman–Crippen MR) is 105 cm³/mol. The number of benzene rings is 1. The van der Waals surface area contributed by atoms with E-state index in [4.69, 9.17) is 4.74 Å². The minimum atomic E-state index is -0.610. The fraction of sp³-hybridized carbons (Fsp3) is 0.118. The third-order valence-electron chi connectivity index (χ3n) is 3.60. The largest absolute Gasteiger partial charge is 0.495 e. The summed E-state index contributed by atoms with van der Waals surface area (Å²) in [5, 5.41) is 16.1. The summed E-state index contributed by atoms with van der Waals surface area (Å²) < 4.78 is 5.16. The topological polar surface area (TPSA) is 107 Å². The second kappa shape index (κ2) is 8.14. The van der Waals surface area contributed by atoms with Crippen molar-refractivity contribution in [1.29, 1.82) is 0 Å². The van der Waals surface area contributed by atoms with E-state index in [1.165, 1.54) is 42.3 Å². The summed E-state index contributed by atoms with van der Waals surface area (Å²) >= 11 is 2.55. The number of thioether (sulfide) groups is 1. The molecule has 1 amide bonds. The molecule has 138 valence electrons. The monoisotopic (exact) mass is 402 g/mol. The van der Waals surface area contributed by atoms with Gasteiger partial charge >= 0.3 is 0 Å². The lowest BCUT2D eigenvalue weighted by atomic mass is 10.1. The van der Waals surface area contributed by atoms with Gasteiger partial charge in [-0.25, -0.2) is 4.98 Å². The molecule has 0 saturated carbocycles. The maximum Gasteiger partial charge on any atom is 0.285 e. The number of nitrogens with one attached hydrogen (secondary N) is 1. The Bertz CT molecular complexity index is 992. The molecule has 8 nitrogen and oxygen atoms in total. The van der Waals surface area contributed by atoms with Crippen molar-refractivity contribution < 1.29 is 14.5 Å². The van der Waals surface area contributed by atoms with Crippen molar-refractivity contribution in [3.8, 4) is 17.1 Å². The molecular weight excluding hydrogens is 388 g/mol. The van der Waals surface area contributed by atoms with E-state index in [0.717, 1.165) is 0 Å². The van der Waals surface area contributed by atoms with Crippen LogP contribution in [0.3, 0.4) is 0 Å². The van der Waals surface area contributed by atoms with Crippen molar-refractivity contribution in [1.82, 2.24) is 9.97 Å². The van der Waals surface area contributed by atoms with Crippen molar-refractivity contribution in [2.24, 2.45) is 0 Å². The summed E-state index contributed by atoms with van der Waals surface area (Å²) in [5.41, 5.74) is 0.905. The van der Waals surface area contributed by atoms with Crippen molar-refractivity contribution in [3.05, 3.63) is 57.6 Å². The molecule has 0 unspecified atom stereocenters. The van der Waals surface area contributed by atoms with Gasteiger partial charge in [-0.05, 0) is 24.5 Å². The van der Waals surface area contributed by atoms with Gasteiger partial charge in [0.15, 0.2) is 5.13 Å². The molecule has 0 saturated heterocycles. The number of nitrogens with zero attached hydrogens (tertiary/aromatic N) is 3. The molecule has 0 radical (unpaired) electrons. The van der Waals surface area contributed by atoms with Gasteiger partial charge in [0.25, 0.3) is 11.6 Å². The van der Waals surface area contributed by atoms with E-state index in [9.17, 15) is 14.9 Å². The van der Waals surface area contributed by atoms with Crippen LogP contribution in [0.15, 0.2) is 46.8 Å². The molecule has 0 spiro atoms. The van der Waals surface area contributed by atoms with Crippen molar-refractivity contribution in [2.45, 2.75) is 4.90 Å². The number of aromatic nitrogens is 2. The standard InChI is InChI=1S/C17H14N4O4S2/c1-25-14-8-13(21(23)24)10(7-15(14)26-2)16(22)20-17-19-12(9-27-17)11-5-3-4-6-18-11/h3-9H,1-2H3,(H,19,20,22). The first-order valence-electron chi connectivity index (χ1n) is 7.62. The quantitative estimate of drug-likeness (QED) is 0.376. The number of rotatable bonds is 6. The van der Waals surface area contributed by atoms with E-state index in [2.05, 4.69) is 15.3 Å². The van der Waals surface area contributed by atoms with Gasteiger partial charge in [0.05, 0.1) is 28.7 Å². The molecule has 0 atom stereocenters. The Morgan fingerprint density at radius 1 is 1.33 bits per heavy atom. The third kappa shape index (κ3) is 4.07. The Labute approximate surface area is 162 Å². The summed E-state index contributed by atoms with van der Waals surface area (Å²) in [6.07, 6.45) is 3.45. The van der Waals surface area contributed by atoms with E-state index in [1.54, 1.807) is 30.0 Å². The molecule has 3 rings (SSSR count). The minimum Gasteiger partial charge on any atom is -0.495 e. The highest BCUT2D eigenvalue weighted by molar-refractivity contribution is 7.98. The maximum absolute atomic E-state index is 12.6. The molecule has 2 heterocycles. The lowest BCUT2D eigenvalue weighted by Crippen LogP contribution is -2.14. The molecule has 2 aromatic heterocycles. The smallest absolute Gasteiger partial charge is 0.285 e. The molecule has 0 aliphatic carbocycles. The van der Waals surface area contributed by atoms with E-state index >= 15 is 0 Å². The number of nitro benzene ring substituents is 1. The zero-order valence-corrected chi connectivity index (χ0v) is 16.0. The number of nitro groups is 1. The number of carbonyl (C=O) groups is 1. The van der Waals surface area contributed by atoms with Crippen LogP contribution < -0.4 is 10.1 Å². The molecule has 10 heteroatoms. The van der Waals surface area contributed by atoms with Crippen LogP contribution in [0.2, 0.25) is 0 Å². The van der Waals surface area contributed by atoms with Gasteiger partial charge in [0.2, 0.25) is 0 Å². The summed E-state index contributed by atoms with van der Waals surface area (Å²) in [4.78, 5) is 32.6. The van der Waals surface area contributed by atoms with E-state index in [-0.39, 0.29) is 11.3 Å². The van der Waals surface area contributed by atoms with Crippen LogP contribution in [0, 0.1) is 10.1 Å². The van der Waals surface area contributed by atoms with Crippen LogP contribution in [0.1, 0.15) is 10.4 Å². The lowest BCUT2D eigenvalue weighted by Gasteiger charge is -2.09. The van der Waals surface area contributed by atoms with Crippen LogP contribution >= 0.6 is 23.1 Å². The molecule has 0 bridgehead atoms. The lowest BCUT2D eigenvalue weighted by molar-refractivity contribution is -0.385. The second-order valence-electron chi connectivity index (χ2n) is 5.19. The highest BCUT2D eigenvalue weighted by Gasteiger charge is 2.24. The van der Waals surface area contributed by atoms with Crippen LogP contribution in [0.4, 0.5) is 10.8 Å². The summed E-state index contributed by atoms with van der Waals surface area (Å²) in [6.45, 7) is 0. The Hall–Kier alpha value is -2.98. The van der Waals surface area contributed by atoms with E-state index in [1.807, 2.05) is 6.07 Å². The van der Waals surface area contributed by atoms with Gasteiger partial charge < -0.3 is 4.74 Å². The number of thiazole rings is 1. The maximum atomic E-state index is 12.6. The summed E-state index contributed by atoms with van der Waals surface area (Å²) in [7, 11) is 1.42. The minimum absolute atomic E-state index is 0.0558. The van der Waals surface area contributed by atoms with Gasteiger partial charge in [-0.2, -0.15) is 0 Å². The Morgan fingerprint density at radius 3 is 2.78 bits per heavy atom. The number of amides is 1. The first-order chi connectivity index (χ1) is 13.0. The van der Waals surface area contributed by atoms with E-state index < -0.39 is 10.8 Å². The molecule has 0 aliphatic heterocycles. The van der Waals surface area contributed by atoms with Crippen LogP contribution in [0.25, 0.3) is 11.4 Å². The van der Waals surface area contributed by atoms with Crippen molar-refractivity contribution in [2.75, 3.05) is 18.7 Å². The zero-order valence-electron chi connectivity index (χ0n) is 14.3. The highest BCUT2D eigenvalue weighted by atomic mass is 32.2. The van der Waals surface area contributed by atoms with Gasteiger partial charge in [-0.1, -0.05) is 6.07 Å². The van der Waals surface area contributed by atoms with Crippen LogP contribution in [-0.2, 0) is 0 Å². The Morgan fingerprint density at radius 2 is 2.15 bits per heavy atom. The van der Waals surface area contributed by atoms with E-state index in [0.29, 0.717) is 27.2 Å². The van der Waals surface area contributed by atoms with Gasteiger partial charge in [0.1, 0.15) is 17.0 Å². The fourth-order valence-corrected chi connectivity index (χ4v) is 3.61. The second-order valence-corrected chi connectivity index (χ2v) is 6.89. The average molecular weight is 402 g/mol. The van der Waals surface area contributed by atoms with Gasteiger partial charge in [0, 0.05) is 11.6 Å². The number of hydrogen-bond acceptors (Lipinski definition) is 8. The molecule has 1 aromatic carbocycles. The fourth-order valence-electron chi connectivity index (χ4n) is 2.33. The van der Waals surface area contributed by atoms with Crippen LogP contribution in [-0.4, -0.2) is 34.2 Å². The zero-order chi connectivity index (χ0) is 19.4. The van der Waals surface area contributed by atoms with Gasteiger partial charge in [-0.15, -0.1) is 23.1 Å². The van der Waals surface area contributed by atoms with Crippen LogP contribution in [0.5, 0.6) is 5.75 Å². The number of anilines is 1. The Kier molecular flexibility index (Phi) is 5.67. The number of pyridine rings is 1. The summed E-state index contributed by atoms with van der Waals surface area (Å²) in [5.74, 6) is -0.265. The first-order valence-corrected chi connectivity index (χ1v) is 9.72. The third-order valence-corrected chi connectivity index (χ3v) is 5.11. The van der Waals surface area contributed by atoms with Crippen molar-refractivity contribution >= 4 is 39.8 Å². The molecular formula is C17H14N4O4S2. The molecule has 0 aliphatic rings. The molecule has 27 heavy (non-hydrogen) atoms. The SMILES string of the molecule is COc1cc([N+](=O)[O-])c(C(=O)Nc2nc(-c3ccccn3)cs2)cc1SC. The number of hydrogen-bond donors (Lipinski definition) is 1. The molecule has 1 N–H and O–H groups in total. The molecule has 0 fully saturated rings. The number of carbonyl (C=O) groups excluding carboxylic acids is 1. The Balaban J connectivity index is 1.90. The number of ether oxygens (including phenoxy) is 1. The molecule has 3 aromatic rings. The first kappa shape index (κ1) is 18.8. The van der Waals surface area contributed by atoms with Crippen molar-refractivity contribution in [3.63, 3.8) is 0 Å². The van der Waals surface area contributed by atoms with Gasteiger partial charge in [-0.3, -0.25) is 25.2 Å². The average Bonchev–Trinajstić information content (AvgIpc) is 3.15. The number of methoxy groups -OCH3 is 1. The normalized spacial score (nSPS) is 10.4. The predicted octanol–water partition coefficient (Wildman–Crippen LogP) is 4.10. The highest BCUT2D eigenvalue weighted by Crippen LogP contribution is 2.35. The summed E-state index contributed by atoms with van der Waals surface area (Å²) in [6, 6.07) is 8.14.